The standard InChI is InChI=1S/C20H17NO5S/c22-20(26-14-17-7-4-12-25-17)16-6-3-8-18(13-16)27(23,24)21-11-10-15-5-1-2-9-19(15)21/h1-9,12-13H,10-11,14H2. The summed E-state index contributed by atoms with van der Waals surface area (Å²) in [5, 5.41) is 0. The summed E-state index contributed by atoms with van der Waals surface area (Å²) in [5.74, 6) is -0.0916. The number of anilines is 1. The number of benzene rings is 2. The van der Waals surface area contributed by atoms with Crippen molar-refractivity contribution in [3.63, 3.8) is 0 Å². The predicted octanol–water partition coefficient (Wildman–Crippen LogP) is 3.39. The zero-order valence-electron chi connectivity index (χ0n) is 14.4. The molecule has 0 radical (unpaired) electrons. The maximum Gasteiger partial charge on any atom is 0.338 e. The van der Waals surface area contributed by atoms with Crippen LogP contribution in [0, 0.1) is 0 Å². The molecule has 0 amide bonds. The van der Waals surface area contributed by atoms with Crippen molar-refractivity contribution in [3.05, 3.63) is 83.8 Å². The van der Waals surface area contributed by atoms with Gasteiger partial charge in [0, 0.05) is 6.54 Å². The third kappa shape index (κ3) is 3.33. The number of nitrogens with zero attached hydrogens (tertiary/aromatic N) is 1. The number of furan rings is 1. The van der Waals surface area contributed by atoms with Gasteiger partial charge in [-0.05, 0) is 48.4 Å². The molecule has 27 heavy (non-hydrogen) atoms. The highest BCUT2D eigenvalue weighted by molar-refractivity contribution is 7.92. The van der Waals surface area contributed by atoms with Crippen molar-refractivity contribution in [2.45, 2.75) is 17.9 Å². The van der Waals surface area contributed by atoms with Gasteiger partial charge in [0.2, 0.25) is 0 Å². The third-order valence-electron chi connectivity index (χ3n) is 4.43. The smallest absolute Gasteiger partial charge is 0.338 e. The number of hydrogen-bond acceptors (Lipinski definition) is 5. The van der Waals surface area contributed by atoms with Crippen LogP contribution in [0.15, 0.2) is 76.2 Å². The van der Waals surface area contributed by atoms with Crippen LogP contribution in [0.5, 0.6) is 0 Å². The second kappa shape index (κ2) is 6.92. The Kier molecular flexibility index (Phi) is 4.45. The average molecular weight is 383 g/mol. The summed E-state index contributed by atoms with van der Waals surface area (Å²) < 4.78 is 37.8. The molecule has 1 aliphatic rings. The lowest BCUT2D eigenvalue weighted by Gasteiger charge is -2.19. The minimum atomic E-state index is -3.76. The van der Waals surface area contributed by atoms with Gasteiger partial charge in [-0.25, -0.2) is 13.2 Å². The second-order valence-electron chi connectivity index (χ2n) is 6.14. The first-order valence-corrected chi connectivity index (χ1v) is 9.90. The van der Waals surface area contributed by atoms with E-state index in [9.17, 15) is 13.2 Å². The number of esters is 1. The second-order valence-corrected chi connectivity index (χ2v) is 8.00. The number of hydrogen-bond donors (Lipinski definition) is 0. The molecule has 0 atom stereocenters. The molecule has 0 saturated carbocycles. The van der Waals surface area contributed by atoms with E-state index in [2.05, 4.69) is 0 Å². The van der Waals surface area contributed by atoms with Gasteiger partial charge in [0.05, 0.1) is 22.4 Å². The van der Waals surface area contributed by atoms with Crippen molar-refractivity contribution in [2.24, 2.45) is 0 Å². The van der Waals surface area contributed by atoms with E-state index < -0.39 is 16.0 Å². The largest absolute Gasteiger partial charge is 0.466 e. The molecule has 0 aliphatic carbocycles. The molecule has 0 unspecified atom stereocenters. The molecule has 6 nitrogen and oxygen atoms in total. The highest BCUT2D eigenvalue weighted by Gasteiger charge is 2.31. The Hall–Kier alpha value is -3.06. The highest BCUT2D eigenvalue weighted by Crippen LogP contribution is 2.32. The fourth-order valence-corrected chi connectivity index (χ4v) is 4.63. The molecule has 0 spiro atoms. The SMILES string of the molecule is O=C(OCc1ccco1)c1cccc(S(=O)(=O)N2CCc3ccccc32)c1. The average Bonchev–Trinajstić information content (AvgIpc) is 3.36. The Balaban J connectivity index is 1.57. The molecule has 1 aromatic heterocycles. The van der Waals surface area contributed by atoms with Crippen LogP contribution in [0.25, 0.3) is 0 Å². The zero-order chi connectivity index (χ0) is 18.9. The minimum Gasteiger partial charge on any atom is -0.466 e. The predicted molar refractivity (Wildman–Crippen MR) is 98.9 cm³/mol. The van der Waals surface area contributed by atoms with Crippen LogP contribution < -0.4 is 4.31 Å². The van der Waals surface area contributed by atoms with E-state index in [0.717, 1.165) is 5.56 Å². The van der Waals surface area contributed by atoms with Gasteiger partial charge in [-0.15, -0.1) is 0 Å². The molecule has 7 heteroatoms. The lowest BCUT2D eigenvalue weighted by atomic mass is 10.2. The van der Waals surface area contributed by atoms with E-state index >= 15 is 0 Å². The van der Waals surface area contributed by atoms with Gasteiger partial charge in [0.1, 0.15) is 12.4 Å². The molecule has 138 valence electrons. The lowest BCUT2D eigenvalue weighted by molar-refractivity contribution is 0.0445. The van der Waals surface area contributed by atoms with Crippen molar-refractivity contribution in [1.82, 2.24) is 0 Å². The van der Waals surface area contributed by atoms with Crippen molar-refractivity contribution >= 4 is 21.7 Å². The molecule has 3 aromatic rings. The van der Waals surface area contributed by atoms with Crippen molar-refractivity contribution in [1.29, 1.82) is 0 Å². The summed E-state index contributed by atoms with van der Waals surface area (Å²) in [6, 6.07) is 16.7. The van der Waals surface area contributed by atoms with Gasteiger partial charge in [-0.3, -0.25) is 4.31 Å². The van der Waals surface area contributed by atoms with E-state index in [1.165, 1.54) is 28.8 Å². The summed E-state index contributed by atoms with van der Waals surface area (Å²) in [6.45, 7) is 0.372. The summed E-state index contributed by atoms with van der Waals surface area (Å²) in [4.78, 5) is 12.3. The number of sulfonamides is 1. The number of rotatable bonds is 5. The van der Waals surface area contributed by atoms with Crippen LogP contribution >= 0.6 is 0 Å². The number of fused-ring (bicyclic) bond motifs is 1. The Morgan fingerprint density at radius 3 is 2.74 bits per heavy atom. The van der Waals surface area contributed by atoms with Crippen molar-refractivity contribution in [2.75, 3.05) is 10.8 Å². The Morgan fingerprint density at radius 1 is 1.07 bits per heavy atom. The monoisotopic (exact) mass is 383 g/mol. The highest BCUT2D eigenvalue weighted by atomic mass is 32.2. The van der Waals surface area contributed by atoms with Crippen LogP contribution in [-0.2, 0) is 27.8 Å². The van der Waals surface area contributed by atoms with E-state index in [-0.39, 0.29) is 17.1 Å². The Morgan fingerprint density at radius 2 is 1.93 bits per heavy atom. The van der Waals surface area contributed by atoms with Gasteiger partial charge in [0.25, 0.3) is 10.0 Å². The summed E-state index contributed by atoms with van der Waals surface area (Å²) in [7, 11) is -3.76. The Labute approximate surface area is 157 Å². The van der Waals surface area contributed by atoms with Crippen LogP contribution in [-0.4, -0.2) is 20.9 Å². The fourth-order valence-electron chi connectivity index (χ4n) is 3.08. The van der Waals surface area contributed by atoms with Gasteiger partial charge in [0.15, 0.2) is 0 Å². The molecular formula is C20H17NO5S. The number of ether oxygens (including phenoxy) is 1. The Bertz CT molecular complexity index is 1070. The van der Waals surface area contributed by atoms with Crippen LogP contribution in [0.1, 0.15) is 21.7 Å². The molecular weight excluding hydrogens is 366 g/mol. The van der Waals surface area contributed by atoms with Gasteiger partial charge in [-0.1, -0.05) is 24.3 Å². The maximum absolute atomic E-state index is 13.1. The quantitative estimate of drug-likeness (QED) is 0.631. The number of carbonyl (C=O) groups excluding carboxylic acids is 1. The van der Waals surface area contributed by atoms with Crippen LogP contribution in [0.3, 0.4) is 0 Å². The van der Waals surface area contributed by atoms with Gasteiger partial charge in [-0.2, -0.15) is 0 Å². The summed E-state index contributed by atoms with van der Waals surface area (Å²) >= 11 is 0. The molecule has 4 rings (SSSR count). The van der Waals surface area contributed by atoms with E-state index in [1.807, 2.05) is 18.2 Å². The van der Waals surface area contributed by atoms with E-state index in [4.69, 9.17) is 9.15 Å². The fraction of sp³-hybridized carbons (Fsp3) is 0.150. The van der Waals surface area contributed by atoms with Gasteiger partial charge >= 0.3 is 5.97 Å². The van der Waals surface area contributed by atoms with Crippen LogP contribution in [0.4, 0.5) is 5.69 Å². The molecule has 2 aromatic carbocycles. The third-order valence-corrected chi connectivity index (χ3v) is 6.24. The molecule has 0 bridgehead atoms. The first kappa shape index (κ1) is 17.4. The summed E-state index contributed by atoms with van der Waals surface area (Å²) in [5.41, 5.74) is 1.86. The molecule has 0 saturated heterocycles. The first-order chi connectivity index (χ1) is 13.1. The van der Waals surface area contributed by atoms with E-state index in [0.29, 0.717) is 24.4 Å². The van der Waals surface area contributed by atoms with Crippen LogP contribution in [0.2, 0.25) is 0 Å². The topological polar surface area (TPSA) is 76.8 Å². The van der Waals surface area contributed by atoms with Gasteiger partial charge < -0.3 is 9.15 Å². The first-order valence-electron chi connectivity index (χ1n) is 8.46. The normalized spacial score (nSPS) is 13.4. The number of para-hydroxylation sites is 1. The zero-order valence-corrected chi connectivity index (χ0v) is 15.2. The maximum atomic E-state index is 13.1. The molecule has 0 N–H and O–H groups in total. The lowest BCUT2D eigenvalue weighted by Crippen LogP contribution is -2.29. The van der Waals surface area contributed by atoms with Crippen molar-refractivity contribution < 1.29 is 22.4 Å². The molecule has 0 fully saturated rings. The molecule has 1 aliphatic heterocycles. The minimum absolute atomic E-state index is 0.0116. The summed E-state index contributed by atoms with van der Waals surface area (Å²) in [6.07, 6.45) is 2.16. The number of carbonyl (C=O) groups is 1. The van der Waals surface area contributed by atoms with E-state index in [1.54, 1.807) is 24.3 Å². The molecule has 2 heterocycles. The van der Waals surface area contributed by atoms with Crippen molar-refractivity contribution in [3.8, 4) is 0 Å².